The van der Waals surface area contributed by atoms with E-state index in [2.05, 4.69) is 4.99 Å². The van der Waals surface area contributed by atoms with Crippen LogP contribution in [0.4, 0.5) is 8.63 Å². The lowest BCUT2D eigenvalue weighted by molar-refractivity contribution is -0.142. The van der Waals surface area contributed by atoms with Crippen LogP contribution in [0.2, 0.25) is 0 Å². The van der Waals surface area contributed by atoms with Crippen LogP contribution in [0.1, 0.15) is 44.1 Å². The first-order valence-electron chi connectivity index (χ1n) is 7.85. The van der Waals surface area contributed by atoms with Crippen LogP contribution in [-0.4, -0.2) is 30.2 Å². The summed E-state index contributed by atoms with van der Waals surface area (Å²) in [6, 6.07) is 1.72. The van der Waals surface area contributed by atoms with E-state index < -0.39 is 7.40 Å². The molecule has 4 nitrogen and oxygen atoms in total. The van der Waals surface area contributed by atoms with Crippen molar-refractivity contribution in [2.45, 2.75) is 41.0 Å². The van der Waals surface area contributed by atoms with Gasteiger partial charge in [0.15, 0.2) is 0 Å². The second-order valence-electron chi connectivity index (χ2n) is 5.81. The molecule has 0 amide bonds. The molecule has 0 aliphatic carbocycles. The molecule has 0 atom stereocenters. The summed E-state index contributed by atoms with van der Waals surface area (Å²) in [7, 11) is -2.61. The minimum Gasteiger partial charge on any atom is -0.466 e. The van der Waals surface area contributed by atoms with Crippen molar-refractivity contribution in [3.63, 3.8) is 0 Å². The van der Waals surface area contributed by atoms with Crippen LogP contribution < -0.4 is 0 Å². The molecule has 1 aliphatic rings. The van der Waals surface area contributed by atoms with Crippen LogP contribution in [0.3, 0.4) is 0 Å². The summed E-state index contributed by atoms with van der Waals surface area (Å²) in [6.45, 7) is 9.18. The Hall–Kier alpha value is -2.18. The van der Waals surface area contributed by atoms with Gasteiger partial charge in [-0.15, -0.1) is 0 Å². The van der Waals surface area contributed by atoms with Gasteiger partial charge in [0.05, 0.1) is 18.7 Å². The molecule has 2 heterocycles. The lowest BCUT2D eigenvalue weighted by atomic mass is 10.0. The maximum Gasteiger partial charge on any atom is 0.677 e. The molecule has 24 heavy (non-hydrogen) atoms. The molecule has 128 valence electrons. The van der Waals surface area contributed by atoms with Gasteiger partial charge in [0.1, 0.15) is 0 Å². The molecule has 1 aliphatic heterocycles. The van der Waals surface area contributed by atoms with E-state index in [0.717, 1.165) is 26.9 Å². The maximum absolute atomic E-state index is 13.3. The number of hydrogen-bond acceptors (Lipinski definition) is 3. The fraction of sp³-hybridized carbons (Fsp3) is 0.412. The first kappa shape index (κ1) is 18.2. The molecule has 0 unspecified atom stereocenters. The van der Waals surface area contributed by atoms with E-state index in [1.165, 1.54) is 0 Å². The zero-order chi connectivity index (χ0) is 18.0. The Kier molecular flexibility index (Phi) is 5.42. The monoisotopic (exact) mass is 334 g/mol. The summed E-state index contributed by atoms with van der Waals surface area (Å²) in [6.07, 6.45) is 1.80. The van der Waals surface area contributed by atoms with Gasteiger partial charge in [-0.2, -0.15) is 0 Å². The number of carbonyl (C=O) groups excluding carboxylic acids is 1. The van der Waals surface area contributed by atoms with Gasteiger partial charge in [-0.05, 0) is 63.5 Å². The molecule has 1 aromatic rings. The molecule has 2 rings (SSSR count). The summed E-state index contributed by atoms with van der Waals surface area (Å²) in [5.41, 5.74) is 4.64. The Morgan fingerprint density at radius 3 is 2.58 bits per heavy atom. The van der Waals surface area contributed by atoms with Crippen molar-refractivity contribution in [1.82, 2.24) is 4.48 Å². The van der Waals surface area contributed by atoms with E-state index in [-0.39, 0.29) is 12.4 Å². The third-order valence-electron chi connectivity index (χ3n) is 4.13. The van der Waals surface area contributed by atoms with E-state index in [9.17, 15) is 13.4 Å². The molecule has 0 radical (unpaired) electrons. The van der Waals surface area contributed by atoms with Crippen LogP contribution >= 0.6 is 0 Å². The van der Waals surface area contributed by atoms with Crippen LogP contribution in [0, 0.1) is 13.8 Å². The lowest BCUT2D eigenvalue weighted by Gasteiger charge is -2.07. The first-order chi connectivity index (χ1) is 11.3. The highest BCUT2D eigenvalue weighted by atomic mass is 19.2. The summed E-state index contributed by atoms with van der Waals surface area (Å²) in [4.78, 5) is 16.2. The number of ether oxygens (including phenoxy) is 1. The summed E-state index contributed by atoms with van der Waals surface area (Å²) in [5, 5.41) is 0. The van der Waals surface area contributed by atoms with Crippen molar-refractivity contribution in [2.75, 3.05) is 6.61 Å². The first-order valence-corrected chi connectivity index (χ1v) is 7.85. The zero-order valence-corrected chi connectivity index (χ0v) is 14.6. The van der Waals surface area contributed by atoms with E-state index in [0.29, 0.717) is 23.7 Å². The van der Waals surface area contributed by atoms with Gasteiger partial charge in [0, 0.05) is 17.1 Å². The average molecular weight is 334 g/mol. The Morgan fingerprint density at radius 2 is 2.00 bits per heavy atom. The minimum atomic E-state index is -2.61. The maximum atomic E-state index is 13.3. The second-order valence-corrected chi connectivity index (χ2v) is 5.81. The molecule has 1 aromatic heterocycles. The number of rotatable bonds is 5. The Balaban J connectivity index is 2.42. The molecule has 7 heteroatoms. The number of allylic oxidation sites excluding steroid dienone is 1. The Labute approximate surface area is 141 Å². The number of esters is 1. The van der Waals surface area contributed by atoms with E-state index >= 15 is 0 Å². The highest BCUT2D eigenvalue weighted by Gasteiger charge is 2.25. The number of aromatic nitrogens is 1. The van der Waals surface area contributed by atoms with Gasteiger partial charge in [0.25, 0.3) is 0 Å². The van der Waals surface area contributed by atoms with Gasteiger partial charge in [-0.25, -0.2) is 0 Å². The number of carbonyl (C=O) groups is 1. The van der Waals surface area contributed by atoms with Gasteiger partial charge in [0.2, 0.25) is 0 Å². The topological polar surface area (TPSA) is 43.6 Å². The van der Waals surface area contributed by atoms with Gasteiger partial charge < -0.3 is 9.21 Å². The standard InChI is InChI=1S/C17H21BF2N2O2/c1-6-24-17(23)8-14-12(4)15(21-13(14)5)9-16-10(2)7-11(3)22(16)18(19)20/h7,9H,6,8H2,1-5H3/b15-9-. The molecule has 0 N–H and O–H groups in total. The normalized spacial score (nSPS) is 16.0. The molecule has 0 spiro atoms. The van der Waals surface area contributed by atoms with Crippen molar-refractivity contribution in [1.29, 1.82) is 0 Å². The fourth-order valence-corrected chi connectivity index (χ4v) is 2.92. The summed E-state index contributed by atoms with van der Waals surface area (Å²) < 4.78 is 32.6. The Bertz CT molecular complexity index is 761. The van der Waals surface area contributed by atoms with Crippen molar-refractivity contribution in [2.24, 2.45) is 4.99 Å². The van der Waals surface area contributed by atoms with Crippen LogP contribution in [0.15, 0.2) is 27.9 Å². The quantitative estimate of drug-likeness (QED) is 0.604. The number of halogens is 2. The van der Waals surface area contributed by atoms with Crippen molar-refractivity contribution in [3.8, 4) is 0 Å². The van der Waals surface area contributed by atoms with Crippen molar-refractivity contribution in [3.05, 3.63) is 39.9 Å². The van der Waals surface area contributed by atoms with Crippen LogP contribution in [-0.2, 0) is 9.53 Å². The highest BCUT2D eigenvalue weighted by Crippen LogP contribution is 2.30. The highest BCUT2D eigenvalue weighted by molar-refractivity contribution is 6.41. The molecule has 0 saturated heterocycles. The van der Waals surface area contributed by atoms with Gasteiger partial charge in [-0.3, -0.25) is 18.4 Å². The lowest BCUT2D eigenvalue weighted by Crippen LogP contribution is -2.16. The third-order valence-corrected chi connectivity index (χ3v) is 4.13. The van der Waals surface area contributed by atoms with Crippen LogP contribution in [0.5, 0.6) is 0 Å². The smallest absolute Gasteiger partial charge is 0.466 e. The number of nitrogens with zero attached hydrogens (tertiary/aromatic N) is 2. The largest absolute Gasteiger partial charge is 0.677 e. The van der Waals surface area contributed by atoms with E-state index in [1.807, 2.05) is 13.8 Å². The minimum absolute atomic E-state index is 0.139. The van der Waals surface area contributed by atoms with Crippen molar-refractivity contribution >= 4 is 25.2 Å². The predicted octanol–water partition coefficient (Wildman–Crippen LogP) is 3.96. The average Bonchev–Trinajstić information content (AvgIpc) is 2.90. The molecule has 0 bridgehead atoms. The Morgan fingerprint density at radius 1 is 1.33 bits per heavy atom. The number of aryl methyl sites for hydroxylation is 2. The summed E-state index contributed by atoms with van der Waals surface area (Å²) in [5.74, 6) is -0.314. The second kappa shape index (κ2) is 7.15. The molecule has 0 fully saturated rings. The number of hydrogen-bond donors (Lipinski definition) is 0. The van der Waals surface area contributed by atoms with Gasteiger partial charge in [-0.1, -0.05) is 0 Å². The van der Waals surface area contributed by atoms with E-state index in [4.69, 9.17) is 4.74 Å². The SMILES string of the molecule is CCOC(=O)CC1=C(C)/C(=C/c2c(C)cc(C)n2B(F)F)N=C1C. The van der Waals surface area contributed by atoms with Gasteiger partial charge >= 0.3 is 13.4 Å². The summed E-state index contributed by atoms with van der Waals surface area (Å²) >= 11 is 0. The molecular formula is C17H21BF2N2O2. The molecule has 0 aromatic carbocycles. The van der Waals surface area contributed by atoms with E-state index in [1.54, 1.807) is 32.9 Å². The van der Waals surface area contributed by atoms with Crippen molar-refractivity contribution < 1.29 is 18.2 Å². The molecular weight excluding hydrogens is 313 g/mol. The third kappa shape index (κ3) is 3.50. The predicted molar refractivity (Wildman–Crippen MR) is 92.3 cm³/mol. The molecule has 0 saturated carbocycles. The zero-order valence-electron chi connectivity index (χ0n) is 14.6. The number of aliphatic imine (C=N–C) groups is 1. The fourth-order valence-electron chi connectivity index (χ4n) is 2.92. The van der Waals surface area contributed by atoms with Crippen LogP contribution in [0.25, 0.3) is 6.08 Å².